The second kappa shape index (κ2) is 4.09. The molecular formula is C6H10BrF2NO. The summed E-state index contributed by atoms with van der Waals surface area (Å²) in [6.45, 7) is 3.14. The second-order valence-electron chi connectivity index (χ2n) is 3.01. The fraction of sp³-hybridized carbons (Fsp3) is 1.00. The van der Waals surface area contributed by atoms with E-state index in [2.05, 4.69) is 21.1 Å². The fourth-order valence-electron chi connectivity index (χ4n) is 0.609. The average Bonchev–Trinajstić information content (AvgIpc) is 1.88. The Morgan fingerprint density at radius 2 is 2.00 bits per heavy atom. The molecular weight excluding hydrogens is 220 g/mol. The van der Waals surface area contributed by atoms with Crippen molar-refractivity contribution in [1.29, 1.82) is 0 Å². The minimum atomic E-state index is -2.68. The molecule has 0 heterocycles. The van der Waals surface area contributed by atoms with Crippen LogP contribution >= 0.6 is 15.9 Å². The lowest BCUT2D eigenvalue weighted by Gasteiger charge is -2.25. The van der Waals surface area contributed by atoms with Gasteiger partial charge in [-0.1, -0.05) is 35.0 Å². The van der Waals surface area contributed by atoms with Crippen molar-refractivity contribution < 1.29 is 8.78 Å². The third-order valence-corrected chi connectivity index (χ3v) is 2.94. The Morgan fingerprint density at radius 3 is 2.09 bits per heavy atom. The highest BCUT2D eigenvalue weighted by atomic mass is 79.9. The van der Waals surface area contributed by atoms with Crippen LogP contribution in [0, 0.1) is 10.3 Å². The first-order valence-corrected chi connectivity index (χ1v) is 4.24. The zero-order valence-electron chi connectivity index (χ0n) is 6.35. The highest BCUT2D eigenvalue weighted by Gasteiger charge is 2.36. The van der Waals surface area contributed by atoms with Gasteiger partial charge in [0, 0.05) is 10.7 Å². The Bertz CT molecular complexity index is 141. The van der Waals surface area contributed by atoms with Crippen molar-refractivity contribution in [2.24, 2.45) is 10.6 Å². The standard InChI is InChI=1S/C6H10BrF2NO/c1-6(2,3-7)4(10-11)5(8)9/h4-5H,3H2,1-2H3. The highest BCUT2D eigenvalue weighted by molar-refractivity contribution is 9.09. The maximum Gasteiger partial charge on any atom is 0.264 e. The summed E-state index contributed by atoms with van der Waals surface area (Å²) in [5.41, 5.74) is -0.782. The molecule has 5 heteroatoms. The summed E-state index contributed by atoms with van der Waals surface area (Å²) in [5, 5.41) is 2.73. The van der Waals surface area contributed by atoms with E-state index in [4.69, 9.17) is 0 Å². The molecule has 0 aromatic carbocycles. The quantitative estimate of drug-likeness (QED) is 0.539. The summed E-state index contributed by atoms with van der Waals surface area (Å²) in [6.07, 6.45) is -2.68. The van der Waals surface area contributed by atoms with Crippen molar-refractivity contribution in [3.05, 3.63) is 4.91 Å². The van der Waals surface area contributed by atoms with Gasteiger partial charge in [-0.05, 0) is 0 Å². The predicted octanol–water partition coefficient (Wildman–Crippen LogP) is 2.81. The largest absolute Gasteiger partial charge is 0.264 e. The van der Waals surface area contributed by atoms with E-state index in [1.54, 1.807) is 13.8 Å². The summed E-state index contributed by atoms with van der Waals surface area (Å²) in [5.74, 6) is 0. The molecule has 0 rings (SSSR count). The third kappa shape index (κ3) is 2.81. The molecule has 0 saturated carbocycles. The maximum atomic E-state index is 12.1. The summed E-state index contributed by atoms with van der Waals surface area (Å²) < 4.78 is 24.1. The Hall–Kier alpha value is -0.0600. The number of hydrogen-bond acceptors (Lipinski definition) is 2. The normalized spacial score (nSPS) is 15.1. The molecule has 0 aliphatic carbocycles. The van der Waals surface area contributed by atoms with Crippen LogP contribution in [0.3, 0.4) is 0 Å². The molecule has 0 aliphatic heterocycles. The molecule has 0 saturated heterocycles. The van der Waals surface area contributed by atoms with Gasteiger partial charge in [-0.2, -0.15) is 4.91 Å². The topological polar surface area (TPSA) is 29.4 Å². The summed E-state index contributed by atoms with van der Waals surface area (Å²) in [6, 6.07) is -1.43. The lowest BCUT2D eigenvalue weighted by molar-refractivity contribution is 0.0685. The first-order chi connectivity index (χ1) is 4.95. The van der Waals surface area contributed by atoms with Gasteiger partial charge in [-0.3, -0.25) is 0 Å². The van der Waals surface area contributed by atoms with Gasteiger partial charge in [-0.15, -0.1) is 0 Å². The van der Waals surface area contributed by atoms with E-state index < -0.39 is 17.9 Å². The molecule has 66 valence electrons. The van der Waals surface area contributed by atoms with Gasteiger partial charge in [0.25, 0.3) is 6.43 Å². The van der Waals surface area contributed by atoms with Crippen LogP contribution < -0.4 is 0 Å². The lowest BCUT2D eigenvalue weighted by atomic mass is 9.88. The molecule has 0 aliphatic rings. The third-order valence-electron chi connectivity index (χ3n) is 1.50. The van der Waals surface area contributed by atoms with Crippen LogP contribution in [0.25, 0.3) is 0 Å². The van der Waals surface area contributed by atoms with Gasteiger partial charge in [0.15, 0.2) is 6.04 Å². The van der Waals surface area contributed by atoms with Crippen molar-refractivity contribution in [1.82, 2.24) is 0 Å². The zero-order valence-corrected chi connectivity index (χ0v) is 7.94. The summed E-state index contributed by atoms with van der Waals surface area (Å²) >= 11 is 3.05. The van der Waals surface area contributed by atoms with Crippen molar-refractivity contribution in [3.8, 4) is 0 Å². The number of hydrogen-bond donors (Lipinski definition) is 0. The van der Waals surface area contributed by atoms with E-state index in [1.807, 2.05) is 0 Å². The molecule has 1 atom stereocenters. The van der Waals surface area contributed by atoms with Crippen molar-refractivity contribution in [2.45, 2.75) is 26.3 Å². The molecule has 0 bridgehead atoms. The maximum absolute atomic E-state index is 12.1. The Kier molecular flexibility index (Phi) is 4.07. The molecule has 0 radical (unpaired) electrons. The first-order valence-electron chi connectivity index (χ1n) is 3.12. The monoisotopic (exact) mass is 229 g/mol. The van der Waals surface area contributed by atoms with E-state index in [9.17, 15) is 13.7 Å². The van der Waals surface area contributed by atoms with Crippen molar-refractivity contribution >= 4 is 15.9 Å². The Labute approximate surface area is 72.5 Å². The van der Waals surface area contributed by atoms with Gasteiger partial charge in [-0.25, -0.2) is 8.78 Å². The Morgan fingerprint density at radius 1 is 1.55 bits per heavy atom. The van der Waals surface area contributed by atoms with E-state index in [0.29, 0.717) is 5.33 Å². The van der Waals surface area contributed by atoms with Crippen LogP contribution in [0.15, 0.2) is 5.18 Å². The molecule has 0 aromatic heterocycles. The second-order valence-corrected chi connectivity index (χ2v) is 3.57. The van der Waals surface area contributed by atoms with E-state index in [0.717, 1.165) is 0 Å². The van der Waals surface area contributed by atoms with Gasteiger partial charge < -0.3 is 0 Å². The molecule has 0 aromatic rings. The summed E-state index contributed by atoms with van der Waals surface area (Å²) in [4.78, 5) is 10.0. The van der Waals surface area contributed by atoms with Crippen molar-refractivity contribution in [3.63, 3.8) is 0 Å². The van der Waals surface area contributed by atoms with E-state index in [1.165, 1.54) is 0 Å². The number of nitroso groups, excluding NO2 is 1. The fourth-order valence-corrected chi connectivity index (χ4v) is 0.940. The minimum Gasteiger partial charge on any atom is -0.208 e. The number of alkyl halides is 3. The average molecular weight is 230 g/mol. The Balaban J connectivity index is 4.35. The first kappa shape index (κ1) is 10.9. The smallest absolute Gasteiger partial charge is 0.208 e. The zero-order chi connectivity index (χ0) is 9.07. The van der Waals surface area contributed by atoms with Gasteiger partial charge in [0.2, 0.25) is 0 Å². The molecule has 1 unspecified atom stereocenters. The van der Waals surface area contributed by atoms with Crippen molar-refractivity contribution in [2.75, 3.05) is 5.33 Å². The van der Waals surface area contributed by atoms with E-state index in [-0.39, 0.29) is 0 Å². The molecule has 0 spiro atoms. The molecule has 0 amide bonds. The van der Waals surface area contributed by atoms with Crippen LogP contribution in [-0.4, -0.2) is 17.8 Å². The molecule has 0 fully saturated rings. The van der Waals surface area contributed by atoms with Gasteiger partial charge in [0.05, 0.1) is 0 Å². The summed E-state index contributed by atoms with van der Waals surface area (Å²) in [7, 11) is 0. The van der Waals surface area contributed by atoms with Crippen LogP contribution in [-0.2, 0) is 0 Å². The SMILES string of the molecule is CC(C)(CBr)C(N=O)C(F)F. The minimum absolute atomic E-state index is 0.334. The van der Waals surface area contributed by atoms with Crippen LogP contribution in [0.5, 0.6) is 0 Å². The lowest BCUT2D eigenvalue weighted by Crippen LogP contribution is -2.34. The number of nitrogens with zero attached hydrogens (tertiary/aromatic N) is 1. The predicted molar refractivity (Wildman–Crippen MR) is 43.2 cm³/mol. The molecule has 2 nitrogen and oxygen atoms in total. The molecule has 0 N–H and O–H groups in total. The van der Waals surface area contributed by atoms with Crippen LogP contribution in [0.4, 0.5) is 8.78 Å². The van der Waals surface area contributed by atoms with Crippen LogP contribution in [0.1, 0.15) is 13.8 Å². The number of rotatable bonds is 4. The highest BCUT2D eigenvalue weighted by Crippen LogP contribution is 2.29. The van der Waals surface area contributed by atoms with E-state index >= 15 is 0 Å². The van der Waals surface area contributed by atoms with Crippen LogP contribution in [0.2, 0.25) is 0 Å². The van der Waals surface area contributed by atoms with Gasteiger partial charge in [0.1, 0.15) is 0 Å². The molecule has 11 heavy (non-hydrogen) atoms. The number of halogens is 3. The van der Waals surface area contributed by atoms with Gasteiger partial charge >= 0.3 is 0 Å².